The number of para-hydroxylation sites is 2. The highest BCUT2D eigenvalue weighted by Crippen LogP contribution is 2.26. The molecule has 1 N–H and O–H groups in total. The summed E-state index contributed by atoms with van der Waals surface area (Å²) in [4.78, 5) is 3.91. The van der Waals surface area contributed by atoms with Crippen molar-refractivity contribution in [2.45, 2.75) is 6.54 Å². The van der Waals surface area contributed by atoms with Gasteiger partial charge in [0, 0.05) is 12.6 Å². The Balaban J connectivity index is 0.00000120. The Kier molecular flexibility index (Phi) is 4.24. The smallest absolute Gasteiger partial charge is 0.157 e. The molecule has 2 aromatic rings. The number of anilines is 1. The summed E-state index contributed by atoms with van der Waals surface area (Å²) in [5.41, 5.74) is 4.15. The second-order valence-corrected chi connectivity index (χ2v) is 4.64. The Morgan fingerprint density at radius 2 is 1.67 bits per heavy atom. The van der Waals surface area contributed by atoms with Crippen molar-refractivity contribution in [3.63, 3.8) is 0 Å². The molecule has 0 amide bonds. The van der Waals surface area contributed by atoms with Crippen LogP contribution in [0.1, 0.15) is 5.56 Å². The van der Waals surface area contributed by atoms with Crippen LogP contribution in [0, 0.1) is 0 Å². The van der Waals surface area contributed by atoms with E-state index in [0.717, 1.165) is 13.2 Å². The number of halogens is 1. The first-order chi connectivity index (χ1) is 8.34. The van der Waals surface area contributed by atoms with Gasteiger partial charge in [-0.15, -0.1) is 0 Å². The zero-order valence-corrected chi connectivity index (χ0v) is 12.6. The molecule has 0 radical (unpaired) electrons. The third-order valence-corrected chi connectivity index (χ3v) is 3.35. The van der Waals surface area contributed by atoms with Crippen LogP contribution in [0.3, 0.4) is 0 Å². The van der Waals surface area contributed by atoms with E-state index in [-0.39, 0.29) is 24.0 Å². The van der Waals surface area contributed by atoms with Crippen LogP contribution in [0.25, 0.3) is 0 Å². The number of rotatable bonds is 2. The van der Waals surface area contributed by atoms with Gasteiger partial charge in [0.25, 0.3) is 0 Å². The lowest BCUT2D eigenvalue weighted by atomic mass is 10.2. The maximum atomic E-state index is 2.44. The number of nitrogens with zero attached hydrogens (tertiary/aromatic N) is 1. The molecule has 1 heterocycles. The number of quaternary nitrogens is 1. The highest BCUT2D eigenvalue weighted by Gasteiger charge is 2.26. The number of benzene rings is 2. The third kappa shape index (κ3) is 2.52. The van der Waals surface area contributed by atoms with Crippen molar-refractivity contribution >= 4 is 11.4 Å². The molecule has 2 nitrogen and oxygen atoms in total. The predicted octanol–water partition coefficient (Wildman–Crippen LogP) is -1.19. The van der Waals surface area contributed by atoms with E-state index >= 15 is 0 Å². The van der Waals surface area contributed by atoms with Crippen molar-refractivity contribution in [2.24, 2.45) is 0 Å². The van der Waals surface area contributed by atoms with Crippen molar-refractivity contribution in [1.29, 1.82) is 0 Å². The fourth-order valence-corrected chi connectivity index (χ4v) is 2.51. The third-order valence-electron chi connectivity index (χ3n) is 3.35. The van der Waals surface area contributed by atoms with Crippen LogP contribution >= 0.6 is 0 Å². The van der Waals surface area contributed by atoms with Gasteiger partial charge in [0.05, 0.1) is 7.05 Å². The quantitative estimate of drug-likeness (QED) is 0.669. The summed E-state index contributed by atoms with van der Waals surface area (Å²) in [6, 6.07) is 19.3. The van der Waals surface area contributed by atoms with Gasteiger partial charge >= 0.3 is 0 Å². The Bertz CT molecular complexity index is 513. The van der Waals surface area contributed by atoms with Gasteiger partial charge < -0.3 is 28.9 Å². The normalized spacial score (nSPS) is 17.2. The highest BCUT2D eigenvalue weighted by atomic mass is 127. The Morgan fingerprint density at radius 3 is 2.44 bits per heavy atom. The minimum atomic E-state index is 0. The molecular weight excluding hydrogens is 335 g/mol. The van der Waals surface area contributed by atoms with Gasteiger partial charge in [-0.1, -0.05) is 42.5 Å². The van der Waals surface area contributed by atoms with E-state index in [4.69, 9.17) is 0 Å². The van der Waals surface area contributed by atoms with Crippen LogP contribution in [-0.4, -0.2) is 13.7 Å². The molecule has 0 aromatic heterocycles. The molecule has 3 rings (SSSR count). The predicted molar refractivity (Wildman–Crippen MR) is 70.5 cm³/mol. The Morgan fingerprint density at radius 1 is 1.00 bits per heavy atom. The molecule has 18 heavy (non-hydrogen) atoms. The monoisotopic (exact) mass is 352 g/mol. The van der Waals surface area contributed by atoms with Crippen molar-refractivity contribution in [3.8, 4) is 0 Å². The Labute approximate surface area is 125 Å². The molecule has 94 valence electrons. The minimum Gasteiger partial charge on any atom is -1.00 e. The standard InChI is InChI=1S/C15H16N2.HI/c1-16-12-17(11-13-7-3-2-4-8-13)15-10-6-5-9-14(15)16;/h2-10H,11-12H2,1H3;1H. The SMILES string of the molecule is C[NH+]1CN(Cc2ccccc2)c2ccccc21.[I-]. The summed E-state index contributed by atoms with van der Waals surface area (Å²) in [6.45, 7) is 2.05. The fraction of sp³-hybridized carbons (Fsp3) is 0.200. The molecule has 0 bridgehead atoms. The zero-order chi connectivity index (χ0) is 11.7. The molecule has 0 spiro atoms. The maximum Gasteiger partial charge on any atom is 0.157 e. The first-order valence-electron chi connectivity index (χ1n) is 6.05. The van der Waals surface area contributed by atoms with Gasteiger partial charge in [0.15, 0.2) is 12.4 Å². The molecule has 3 heteroatoms. The number of fused-ring (bicyclic) bond motifs is 1. The highest BCUT2D eigenvalue weighted by molar-refractivity contribution is 5.64. The number of hydrogen-bond donors (Lipinski definition) is 1. The van der Waals surface area contributed by atoms with Gasteiger partial charge in [0.2, 0.25) is 0 Å². The second-order valence-electron chi connectivity index (χ2n) is 4.64. The van der Waals surface area contributed by atoms with E-state index in [0.29, 0.717) is 0 Å². The topological polar surface area (TPSA) is 7.68 Å². The molecule has 0 saturated carbocycles. The van der Waals surface area contributed by atoms with Crippen LogP contribution in [-0.2, 0) is 6.54 Å². The average molecular weight is 352 g/mol. The number of hydrogen-bond acceptors (Lipinski definition) is 1. The molecule has 1 unspecified atom stereocenters. The van der Waals surface area contributed by atoms with Gasteiger partial charge in [-0.3, -0.25) is 4.90 Å². The van der Waals surface area contributed by atoms with E-state index in [2.05, 4.69) is 66.5 Å². The first-order valence-corrected chi connectivity index (χ1v) is 6.05. The van der Waals surface area contributed by atoms with E-state index in [1.807, 2.05) is 0 Å². The van der Waals surface area contributed by atoms with E-state index in [1.165, 1.54) is 21.8 Å². The fourth-order valence-electron chi connectivity index (χ4n) is 2.51. The maximum absolute atomic E-state index is 2.44. The van der Waals surface area contributed by atoms with Gasteiger partial charge in [-0.2, -0.15) is 0 Å². The van der Waals surface area contributed by atoms with Crippen LogP contribution in [0.15, 0.2) is 54.6 Å². The molecule has 0 saturated heterocycles. The van der Waals surface area contributed by atoms with Crippen molar-refractivity contribution < 1.29 is 28.9 Å². The van der Waals surface area contributed by atoms with Gasteiger partial charge in [0.1, 0.15) is 5.69 Å². The Hall–Kier alpha value is -1.07. The number of nitrogens with one attached hydrogen (secondary N) is 1. The first kappa shape index (κ1) is 13.4. The van der Waals surface area contributed by atoms with Crippen LogP contribution in [0.5, 0.6) is 0 Å². The summed E-state index contributed by atoms with van der Waals surface area (Å²) >= 11 is 0. The van der Waals surface area contributed by atoms with Gasteiger partial charge in [-0.25, -0.2) is 0 Å². The van der Waals surface area contributed by atoms with Gasteiger partial charge in [-0.05, 0) is 11.6 Å². The van der Waals surface area contributed by atoms with Crippen molar-refractivity contribution in [1.82, 2.24) is 0 Å². The lowest BCUT2D eigenvalue weighted by Gasteiger charge is -2.16. The molecule has 0 aliphatic carbocycles. The van der Waals surface area contributed by atoms with Crippen LogP contribution in [0.4, 0.5) is 11.4 Å². The van der Waals surface area contributed by atoms with Crippen LogP contribution < -0.4 is 33.8 Å². The zero-order valence-electron chi connectivity index (χ0n) is 10.4. The van der Waals surface area contributed by atoms with Crippen LogP contribution in [0.2, 0.25) is 0 Å². The molecular formula is C15H17IN2. The summed E-state index contributed by atoms with van der Waals surface area (Å²) < 4.78 is 0. The molecule has 2 aromatic carbocycles. The van der Waals surface area contributed by atoms with E-state index in [9.17, 15) is 0 Å². The average Bonchev–Trinajstić information content (AvgIpc) is 2.69. The van der Waals surface area contributed by atoms with Crippen molar-refractivity contribution in [3.05, 3.63) is 60.2 Å². The lowest BCUT2D eigenvalue weighted by molar-refractivity contribution is -0.802. The molecule has 1 atom stereocenters. The summed E-state index contributed by atoms with van der Waals surface area (Å²) in [5, 5.41) is 0. The summed E-state index contributed by atoms with van der Waals surface area (Å²) in [7, 11) is 2.23. The lowest BCUT2D eigenvalue weighted by Crippen LogP contribution is -3.03. The van der Waals surface area contributed by atoms with E-state index in [1.54, 1.807) is 0 Å². The second kappa shape index (κ2) is 5.71. The molecule has 1 aliphatic rings. The minimum absolute atomic E-state index is 0. The molecule has 1 aliphatic heterocycles. The van der Waals surface area contributed by atoms with Crippen molar-refractivity contribution in [2.75, 3.05) is 18.6 Å². The van der Waals surface area contributed by atoms with E-state index < -0.39 is 0 Å². The molecule has 0 fully saturated rings. The summed E-state index contributed by atoms with van der Waals surface area (Å²) in [5.74, 6) is 0. The summed E-state index contributed by atoms with van der Waals surface area (Å²) in [6.07, 6.45) is 0. The largest absolute Gasteiger partial charge is 1.00 e.